The van der Waals surface area contributed by atoms with Gasteiger partial charge in [-0.05, 0) is 87.6 Å². The number of amides is 4. The number of phenols is 1. The van der Waals surface area contributed by atoms with Gasteiger partial charge in [0.15, 0.2) is 5.82 Å². The van der Waals surface area contributed by atoms with E-state index in [9.17, 15) is 19.5 Å². The Bertz CT molecular complexity index is 2450. The molecule has 62 heavy (non-hydrogen) atoms. The molecule has 4 aliphatic rings. The number of nitrogens with zero attached hydrogens (tertiary/aromatic N) is 7. The molecule has 3 aromatic carbocycles. The first-order valence-electron chi connectivity index (χ1n) is 21.3. The number of likely N-dealkylation sites (tertiary alicyclic amines) is 2. The van der Waals surface area contributed by atoms with Gasteiger partial charge in [-0.3, -0.25) is 24.7 Å². The van der Waals surface area contributed by atoms with Gasteiger partial charge in [0.1, 0.15) is 11.8 Å². The topological polar surface area (TPSA) is 162 Å². The van der Waals surface area contributed by atoms with E-state index >= 15 is 8.78 Å². The summed E-state index contributed by atoms with van der Waals surface area (Å²) in [5, 5.41) is 21.0. The van der Waals surface area contributed by atoms with Gasteiger partial charge in [0, 0.05) is 74.4 Å². The number of halogens is 2. The highest BCUT2D eigenvalue weighted by Gasteiger charge is 2.47. The first kappa shape index (κ1) is 42.6. The SMILES string of the molecule is Cc1cccc(C(=O)N2CCC(CN3CCC(n4c(C)cc5c(N6CCC(=O)NC6=O)cccc54)C(F)(F)C3)CC2)c1.Nc1nnc(-c2ccccc2O)cc1N1CCOCC1. The number of nitrogen functional groups attached to an aromatic ring is 1. The molecule has 1 atom stereocenters. The maximum Gasteiger partial charge on any atom is 0.328 e. The number of aromatic hydroxyl groups is 1. The fourth-order valence-corrected chi connectivity index (χ4v) is 9.20. The van der Waals surface area contributed by atoms with E-state index in [1.165, 1.54) is 4.90 Å². The number of phenolic OH excluding ortho intramolecular Hbond substituents is 1. The lowest BCUT2D eigenvalue weighted by atomic mass is 9.93. The Morgan fingerprint density at radius 1 is 0.887 bits per heavy atom. The number of urea groups is 1. The lowest BCUT2D eigenvalue weighted by Crippen LogP contribution is -2.51. The van der Waals surface area contributed by atoms with Crippen LogP contribution in [0.25, 0.3) is 22.2 Å². The fraction of sp³-hybridized carbons (Fsp3) is 0.413. The van der Waals surface area contributed by atoms with Crippen molar-refractivity contribution in [2.75, 3.05) is 81.1 Å². The quantitative estimate of drug-likeness (QED) is 0.167. The second-order valence-corrected chi connectivity index (χ2v) is 16.6. The third-order valence-electron chi connectivity index (χ3n) is 12.4. The number of hydrogen-bond donors (Lipinski definition) is 3. The molecule has 4 N–H and O–H groups in total. The number of imide groups is 1. The van der Waals surface area contributed by atoms with Gasteiger partial charge in [-0.25, -0.2) is 13.6 Å². The predicted molar refractivity (Wildman–Crippen MR) is 234 cm³/mol. The molecule has 0 saturated carbocycles. The third-order valence-corrected chi connectivity index (χ3v) is 12.4. The second kappa shape index (κ2) is 18.1. The molecule has 4 saturated heterocycles. The maximum absolute atomic E-state index is 15.9. The number of piperidine rings is 2. The van der Waals surface area contributed by atoms with E-state index in [4.69, 9.17) is 10.5 Å². The van der Waals surface area contributed by atoms with Gasteiger partial charge in [-0.2, -0.15) is 0 Å². The number of para-hydroxylation sites is 1. The number of morpholine rings is 1. The van der Waals surface area contributed by atoms with Crippen LogP contribution < -0.4 is 20.9 Å². The molecular formula is C46H53F2N9O5. The molecule has 0 spiro atoms. The minimum atomic E-state index is -2.94. The van der Waals surface area contributed by atoms with Crippen LogP contribution in [0.2, 0.25) is 0 Å². The van der Waals surface area contributed by atoms with E-state index in [0.29, 0.717) is 79.7 Å². The van der Waals surface area contributed by atoms with E-state index in [-0.39, 0.29) is 43.0 Å². The highest BCUT2D eigenvalue weighted by Crippen LogP contribution is 2.42. The van der Waals surface area contributed by atoms with Crippen molar-refractivity contribution in [2.24, 2.45) is 5.92 Å². The van der Waals surface area contributed by atoms with E-state index in [2.05, 4.69) is 20.4 Å². The smallest absolute Gasteiger partial charge is 0.328 e. The summed E-state index contributed by atoms with van der Waals surface area (Å²) in [7, 11) is 0. The van der Waals surface area contributed by atoms with Crippen LogP contribution in [0.4, 0.5) is 30.8 Å². The summed E-state index contributed by atoms with van der Waals surface area (Å²) in [4.78, 5) is 44.5. The van der Waals surface area contributed by atoms with Gasteiger partial charge in [-0.15, -0.1) is 10.2 Å². The number of fused-ring (bicyclic) bond motifs is 1. The van der Waals surface area contributed by atoms with Crippen LogP contribution in [0.1, 0.15) is 53.3 Å². The Hall–Kier alpha value is -6.13. The molecular weight excluding hydrogens is 797 g/mol. The lowest BCUT2D eigenvalue weighted by Gasteiger charge is -2.42. The zero-order valence-corrected chi connectivity index (χ0v) is 35.1. The summed E-state index contributed by atoms with van der Waals surface area (Å²) in [5.74, 6) is -2.37. The molecule has 4 aliphatic heterocycles. The van der Waals surface area contributed by atoms with Crippen LogP contribution in [-0.4, -0.2) is 119 Å². The molecule has 4 fully saturated rings. The van der Waals surface area contributed by atoms with Crippen molar-refractivity contribution in [2.45, 2.75) is 51.5 Å². The summed E-state index contributed by atoms with van der Waals surface area (Å²) >= 11 is 0. The average Bonchev–Trinajstić information content (AvgIpc) is 3.60. The zero-order valence-electron chi connectivity index (χ0n) is 35.1. The Morgan fingerprint density at radius 3 is 2.37 bits per heavy atom. The number of benzene rings is 3. The average molecular weight is 850 g/mol. The fourth-order valence-electron chi connectivity index (χ4n) is 9.20. The van der Waals surface area contributed by atoms with E-state index in [1.807, 2.05) is 72.2 Å². The number of nitrogens with two attached hydrogens (primary N) is 1. The number of aromatic nitrogens is 3. The summed E-state index contributed by atoms with van der Waals surface area (Å²) in [6.45, 7) is 9.10. The van der Waals surface area contributed by atoms with Crippen molar-refractivity contribution in [1.29, 1.82) is 0 Å². The number of aryl methyl sites for hydroxylation is 2. The van der Waals surface area contributed by atoms with E-state index in [1.54, 1.807) is 34.9 Å². The van der Waals surface area contributed by atoms with Crippen molar-refractivity contribution < 1.29 is 33.0 Å². The maximum atomic E-state index is 15.9. The van der Waals surface area contributed by atoms with Crippen LogP contribution in [0.5, 0.6) is 5.75 Å². The third kappa shape index (κ3) is 9.07. The summed E-state index contributed by atoms with van der Waals surface area (Å²) in [6, 6.07) is 22.3. The summed E-state index contributed by atoms with van der Waals surface area (Å²) in [5.41, 5.74) is 11.8. The van der Waals surface area contributed by atoms with Gasteiger partial charge >= 0.3 is 6.03 Å². The zero-order chi connectivity index (χ0) is 43.5. The minimum Gasteiger partial charge on any atom is -0.507 e. The van der Waals surface area contributed by atoms with Gasteiger partial charge in [0.25, 0.3) is 11.8 Å². The highest BCUT2D eigenvalue weighted by molar-refractivity contribution is 6.09. The Balaban J connectivity index is 0.000000220. The van der Waals surface area contributed by atoms with Crippen molar-refractivity contribution in [3.8, 4) is 17.0 Å². The largest absolute Gasteiger partial charge is 0.507 e. The van der Waals surface area contributed by atoms with Crippen LogP contribution in [0.15, 0.2) is 78.9 Å². The number of carbonyl (C=O) groups excluding carboxylic acids is 3. The summed E-state index contributed by atoms with van der Waals surface area (Å²) < 4.78 is 38.8. The Kier molecular flexibility index (Phi) is 12.4. The Labute approximate surface area is 359 Å². The first-order valence-corrected chi connectivity index (χ1v) is 21.3. The number of carbonyl (C=O) groups is 3. The predicted octanol–water partition coefficient (Wildman–Crippen LogP) is 6.41. The molecule has 14 nitrogen and oxygen atoms in total. The van der Waals surface area contributed by atoms with Crippen molar-refractivity contribution in [3.63, 3.8) is 0 Å². The minimum absolute atomic E-state index is 0.0383. The number of hydrogen-bond acceptors (Lipinski definition) is 10. The molecule has 4 amide bonds. The lowest BCUT2D eigenvalue weighted by molar-refractivity contribution is -0.120. The van der Waals surface area contributed by atoms with Crippen molar-refractivity contribution >= 4 is 45.9 Å². The molecule has 0 aliphatic carbocycles. The number of alkyl halides is 2. The van der Waals surface area contributed by atoms with E-state index < -0.39 is 18.0 Å². The van der Waals surface area contributed by atoms with Crippen molar-refractivity contribution in [1.82, 2.24) is 29.9 Å². The highest BCUT2D eigenvalue weighted by atomic mass is 19.3. The standard InChI is InChI=1S/C32H37F2N5O3.C14H16N4O2/c1-21-5-3-6-24(17-21)30(41)37-14-9-23(10-15-37)19-36-13-11-28(32(33,34)20-36)39-22(2)18-25-26(7-4-8-27(25)39)38-16-12-29(40)35-31(38)42;15-14-12(18-5-7-20-8-6-18)9-11(16-17-14)10-3-1-2-4-13(10)19/h3-8,17-18,23,28H,9-16,19-20H2,1-2H3,(H,35,40,42);1-4,9,19H,5-8H2,(H2,15,17). The molecule has 16 heteroatoms. The molecule has 5 aromatic rings. The molecule has 0 radical (unpaired) electrons. The molecule has 2 aromatic heterocycles. The van der Waals surface area contributed by atoms with Crippen LogP contribution in [0, 0.1) is 19.8 Å². The second-order valence-electron chi connectivity index (χ2n) is 16.6. The Morgan fingerprint density at radius 2 is 1.65 bits per heavy atom. The number of ether oxygens (including phenoxy) is 1. The van der Waals surface area contributed by atoms with Gasteiger partial charge in [0.2, 0.25) is 5.91 Å². The molecule has 6 heterocycles. The molecule has 1 unspecified atom stereocenters. The normalized spacial score (nSPS) is 19.9. The van der Waals surface area contributed by atoms with Gasteiger partial charge < -0.3 is 29.9 Å². The van der Waals surface area contributed by atoms with Crippen LogP contribution in [0.3, 0.4) is 0 Å². The van der Waals surface area contributed by atoms with Gasteiger partial charge in [-0.1, -0.05) is 35.9 Å². The molecule has 326 valence electrons. The first-order chi connectivity index (χ1) is 29.9. The van der Waals surface area contributed by atoms with Crippen molar-refractivity contribution in [3.05, 3.63) is 95.7 Å². The van der Waals surface area contributed by atoms with E-state index in [0.717, 1.165) is 48.3 Å². The monoisotopic (exact) mass is 849 g/mol. The van der Waals surface area contributed by atoms with Crippen LogP contribution in [-0.2, 0) is 9.53 Å². The summed E-state index contributed by atoms with van der Waals surface area (Å²) in [6.07, 6.45) is 2.12. The molecule has 9 rings (SSSR count). The molecule has 0 bridgehead atoms. The number of rotatable bonds is 7. The number of anilines is 3. The van der Waals surface area contributed by atoms with Crippen LogP contribution >= 0.6 is 0 Å². The number of nitrogens with one attached hydrogen (secondary N) is 1. The van der Waals surface area contributed by atoms with Gasteiger partial charge in [0.05, 0.1) is 42.3 Å².